The second-order valence-corrected chi connectivity index (χ2v) is 4.95. The molecule has 18 heavy (non-hydrogen) atoms. The standard InChI is InChI=1S/C14H11N3S/c15-11-6-2-4-8-13(11)18-14-9-16-17-12-7-3-1-5-10(12)14/h1-9H,15H2. The number of aromatic nitrogens is 2. The molecule has 0 spiro atoms. The SMILES string of the molecule is Nc1ccccc1Sc1cnnc2ccccc12. The van der Waals surface area contributed by atoms with Gasteiger partial charge in [-0.2, -0.15) is 10.2 Å². The van der Waals surface area contributed by atoms with Crippen LogP contribution in [0.3, 0.4) is 0 Å². The van der Waals surface area contributed by atoms with Gasteiger partial charge >= 0.3 is 0 Å². The van der Waals surface area contributed by atoms with Crippen molar-refractivity contribution in [3.8, 4) is 0 Å². The van der Waals surface area contributed by atoms with E-state index in [0.29, 0.717) is 0 Å². The van der Waals surface area contributed by atoms with Crippen molar-refractivity contribution in [3.05, 3.63) is 54.7 Å². The molecule has 0 aliphatic carbocycles. The van der Waals surface area contributed by atoms with E-state index in [1.807, 2.05) is 48.5 Å². The van der Waals surface area contributed by atoms with Crippen molar-refractivity contribution in [1.82, 2.24) is 10.2 Å². The highest BCUT2D eigenvalue weighted by molar-refractivity contribution is 7.99. The minimum Gasteiger partial charge on any atom is -0.398 e. The summed E-state index contributed by atoms with van der Waals surface area (Å²) in [6.45, 7) is 0. The number of fused-ring (bicyclic) bond motifs is 1. The second kappa shape index (κ2) is 4.66. The Balaban J connectivity index is 2.08. The van der Waals surface area contributed by atoms with Gasteiger partial charge < -0.3 is 5.73 Å². The summed E-state index contributed by atoms with van der Waals surface area (Å²) in [5.74, 6) is 0. The van der Waals surface area contributed by atoms with E-state index in [1.165, 1.54) is 0 Å². The maximum atomic E-state index is 5.96. The lowest BCUT2D eigenvalue weighted by molar-refractivity contribution is 1.05. The minimum atomic E-state index is 0.781. The van der Waals surface area contributed by atoms with Crippen LogP contribution >= 0.6 is 11.8 Å². The highest BCUT2D eigenvalue weighted by Gasteiger charge is 2.06. The predicted octanol–water partition coefficient (Wildman–Crippen LogP) is 3.36. The van der Waals surface area contributed by atoms with E-state index in [-0.39, 0.29) is 0 Å². The van der Waals surface area contributed by atoms with Gasteiger partial charge in [-0.25, -0.2) is 0 Å². The number of nitrogens with two attached hydrogens (primary N) is 1. The highest BCUT2D eigenvalue weighted by atomic mass is 32.2. The molecule has 0 aliphatic rings. The van der Waals surface area contributed by atoms with Gasteiger partial charge in [0.15, 0.2) is 0 Å². The average molecular weight is 253 g/mol. The van der Waals surface area contributed by atoms with Crippen LogP contribution in [0.2, 0.25) is 0 Å². The number of benzene rings is 2. The van der Waals surface area contributed by atoms with E-state index in [1.54, 1.807) is 18.0 Å². The van der Waals surface area contributed by atoms with Gasteiger partial charge in [0.05, 0.1) is 11.7 Å². The lowest BCUT2D eigenvalue weighted by atomic mass is 10.2. The van der Waals surface area contributed by atoms with Crippen LogP contribution in [0.15, 0.2) is 64.5 Å². The largest absolute Gasteiger partial charge is 0.398 e. The Morgan fingerprint density at radius 2 is 1.67 bits per heavy atom. The van der Waals surface area contributed by atoms with Gasteiger partial charge in [-0.1, -0.05) is 42.1 Å². The molecule has 0 fully saturated rings. The molecule has 3 aromatic rings. The maximum Gasteiger partial charge on any atom is 0.0941 e. The molecular weight excluding hydrogens is 242 g/mol. The fraction of sp³-hybridized carbons (Fsp3) is 0. The van der Waals surface area contributed by atoms with Gasteiger partial charge in [0, 0.05) is 20.9 Å². The van der Waals surface area contributed by atoms with Gasteiger partial charge in [-0.15, -0.1) is 0 Å². The second-order valence-electron chi connectivity index (χ2n) is 3.87. The van der Waals surface area contributed by atoms with Crippen molar-refractivity contribution in [3.63, 3.8) is 0 Å². The molecule has 2 N–H and O–H groups in total. The molecule has 4 heteroatoms. The van der Waals surface area contributed by atoms with Gasteiger partial charge in [0.2, 0.25) is 0 Å². The smallest absolute Gasteiger partial charge is 0.0941 e. The van der Waals surface area contributed by atoms with Gasteiger partial charge in [-0.3, -0.25) is 0 Å². The van der Waals surface area contributed by atoms with E-state index in [0.717, 1.165) is 26.4 Å². The molecule has 0 atom stereocenters. The summed E-state index contributed by atoms with van der Waals surface area (Å²) < 4.78 is 0. The fourth-order valence-corrected chi connectivity index (χ4v) is 2.71. The average Bonchev–Trinajstić information content (AvgIpc) is 2.42. The molecule has 1 heterocycles. The Hall–Kier alpha value is -2.07. The van der Waals surface area contributed by atoms with Gasteiger partial charge in [0.1, 0.15) is 0 Å². The van der Waals surface area contributed by atoms with E-state index in [2.05, 4.69) is 10.2 Å². The van der Waals surface area contributed by atoms with Crippen molar-refractivity contribution in [2.75, 3.05) is 5.73 Å². The van der Waals surface area contributed by atoms with Crippen LogP contribution in [0, 0.1) is 0 Å². The monoisotopic (exact) mass is 253 g/mol. The normalized spacial score (nSPS) is 10.7. The third-order valence-corrected chi connectivity index (χ3v) is 3.79. The fourth-order valence-electron chi connectivity index (χ4n) is 1.76. The number of anilines is 1. The molecule has 0 radical (unpaired) electrons. The van der Waals surface area contributed by atoms with E-state index in [9.17, 15) is 0 Å². The summed E-state index contributed by atoms with van der Waals surface area (Å²) in [6.07, 6.45) is 1.78. The van der Waals surface area contributed by atoms with Crippen LogP contribution in [-0.4, -0.2) is 10.2 Å². The molecule has 0 amide bonds. The van der Waals surface area contributed by atoms with Crippen LogP contribution in [0.25, 0.3) is 10.9 Å². The first kappa shape index (κ1) is 11.0. The van der Waals surface area contributed by atoms with Crippen molar-refractivity contribution >= 4 is 28.4 Å². The van der Waals surface area contributed by atoms with E-state index >= 15 is 0 Å². The minimum absolute atomic E-state index is 0.781. The molecule has 0 aliphatic heterocycles. The molecule has 0 unspecified atom stereocenters. The van der Waals surface area contributed by atoms with Crippen LogP contribution in [0.5, 0.6) is 0 Å². The summed E-state index contributed by atoms with van der Waals surface area (Å²) in [5.41, 5.74) is 7.64. The molecule has 1 aromatic heterocycles. The van der Waals surface area contributed by atoms with Crippen molar-refractivity contribution in [2.24, 2.45) is 0 Å². The number of rotatable bonds is 2. The Bertz CT molecular complexity index is 692. The quantitative estimate of drug-likeness (QED) is 0.711. The predicted molar refractivity (Wildman–Crippen MR) is 74.5 cm³/mol. The van der Waals surface area contributed by atoms with E-state index in [4.69, 9.17) is 5.73 Å². The number of nitrogens with zero attached hydrogens (tertiary/aromatic N) is 2. The van der Waals surface area contributed by atoms with Crippen LogP contribution in [-0.2, 0) is 0 Å². The third kappa shape index (κ3) is 2.02. The zero-order valence-corrected chi connectivity index (χ0v) is 10.4. The van der Waals surface area contributed by atoms with E-state index < -0.39 is 0 Å². The summed E-state index contributed by atoms with van der Waals surface area (Å²) in [4.78, 5) is 2.11. The van der Waals surface area contributed by atoms with Gasteiger partial charge in [-0.05, 0) is 18.2 Å². The Labute approximate surface area is 109 Å². The summed E-state index contributed by atoms with van der Waals surface area (Å²) in [7, 11) is 0. The zero-order chi connectivity index (χ0) is 12.4. The molecule has 3 nitrogen and oxygen atoms in total. The Morgan fingerprint density at radius 3 is 2.56 bits per heavy atom. The molecular formula is C14H11N3S. The van der Waals surface area contributed by atoms with Crippen molar-refractivity contribution in [2.45, 2.75) is 9.79 Å². The first-order chi connectivity index (χ1) is 8.84. The lowest BCUT2D eigenvalue weighted by Gasteiger charge is -2.06. The van der Waals surface area contributed by atoms with Crippen LogP contribution in [0.1, 0.15) is 0 Å². The molecule has 3 rings (SSSR count). The molecule has 88 valence electrons. The third-order valence-electron chi connectivity index (χ3n) is 2.65. The topological polar surface area (TPSA) is 51.8 Å². The Morgan fingerprint density at radius 1 is 0.889 bits per heavy atom. The number of hydrogen-bond donors (Lipinski definition) is 1. The van der Waals surface area contributed by atoms with Crippen LogP contribution < -0.4 is 5.73 Å². The molecule has 0 bridgehead atoms. The number of hydrogen-bond acceptors (Lipinski definition) is 4. The van der Waals surface area contributed by atoms with Gasteiger partial charge in [0.25, 0.3) is 0 Å². The highest BCUT2D eigenvalue weighted by Crippen LogP contribution is 2.34. The maximum absolute atomic E-state index is 5.96. The lowest BCUT2D eigenvalue weighted by Crippen LogP contribution is -1.89. The zero-order valence-electron chi connectivity index (χ0n) is 9.58. The van der Waals surface area contributed by atoms with Crippen LogP contribution in [0.4, 0.5) is 5.69 Å². The Kier molecular flexibility index (Phi) is 2.86. The van der Waals surface area contributed by atoms with Crippen molar-refractivity contribution in [1.29, 1.82) is 0 Å². The summed E-state index contributed by atoms with van der Waals surface area (Å²) >= 11 is 1.62. The molecule has 0 saturated carbocycles. The summed E-state index contributed by atoms with van der Waals surface area (Å²) in [6, 6.07) is 15.8. The number of para-hydroxylation sites is 1. The summed E-state index contributed by atoms with van der Waals surface area (Å²) in [5, 5.41) is 9.24. The molecule has 0 saturated heterocycles. The molecule has 2 aromatic carbocycles. The number of nitrogen functional groups attached to an aromatic ring is 1. The first-order valence-corrected chi connectivity index (χ1v) is 6.39. The van der Waals surface area contributed by atoms with Crippen molar-refractivity contribution < 1.29 is 0 Å². The first-order valence-electron chi connectivity index (χ1n) is 5.57.